The van der Waals surface area contributed by atoms with Crippen LogP contribution in [0.3, 0.4) is 0 Å². The van der Waals surface area contributed by atoms with Gasteiger partial charge in [-0.05, 0) is 63.8 Å². The molecule has 0 aromatic heterocycles. The Kier molecular flexibility index (Phi) is 6.51. The number of aryl methyl sites for hydroxylation is 1. The molecule has 2 aliphatic rings. The molecule has 4 rings (SSSR count). The van der Waals surface area contributed by atoms with E-state index in [0.717, 1.165) is 37.1 Å². The van der Waals surface area contributed by atoms with Crippen LogP contribution in [0, 0.1) is 0 Å². The summed E-state index contributed by atoms with van der Waals surface area (Å²) in [5.74, 6) is 0.878. The molecule has 2 aliphatic heterocycles. The van der Waals surface area contributed by atoms with Gasteiger partial charge in [-0.2, -0.15) is 0 Å². The highest BCUT2D eigenvalue weighted by Crippen LogP contribution is 2.35. The fourth-order valence-corrected chi connectivity index (χ4v) is 4.63. The van der Waals surface area contributed by atoms with E-state index in [0.29, 0.717) is 25.3 Å². The number of carbonyl (C=O) groups excluding carboxylic acids is 1. The molecule has 5 heteroatoms. The van der Waals surface area contributed by atoms with Gasteiger partial charge < -0.3 is 19.7 Å². The first kappa shape index (κ1) is 21.7. The second kappa shape index (κ2) is 9.31. The molecule has 31 heavy (non-hydrogen) atoms. The SMILES string of the molecule is C[C@@H]1CN(C(=O)c2ccc3c(c2)NC(C)(CCCCc2ccccc2)CO3)C[C@H](C)O1. The van der Waals surface area contributed by atoms with Gasteiger partial charge in [-0.15, -0.1) is 0 Å². The van der Waals surface area contributed by atoms with Gasteiger partial charge in [0.25, 0.3) is 5.91 Å². The summed E-state index contributed by atoms with van der Waals surface area (Å²) < 4.78 is 11.8. The van der Waals surface area contributed by atoms with Crippen LogP contribution in [0.4, 0.5) is 5.69 Å². The van der Waals surface area contributed by atoms with Crippen molar-refractivity contribution in [2.45, 2.75) is 64.2 Å². The predicted molar refractivity (Wildman–Crippen MR) is 124 cm³/mol. The Hall–Kier alpha value is -2.53. The van der Waals surface area contributed by atoms with Crippen molar-refractivity contribution in [3.63, 3.8) is 0 Å². The molecule has 0 spiro atoms. The largest absolute Gasteiger partial charge is 0.489 e. The molecule has 1 N–H and O–H groups in total. The number of hydrogen-bond acceptors (Lipinski definition) is 4. The normalized spacial score (nSPS) is 25.3. The Bertz CT molecular complexity index is 891. The third kappa shape index (κ3) is 5.40. The Morgan fingerprint density at radius 1 is 1.10 bits per heavy atom. The number of amides is 1. The van der Waals surface area contributed by atoms with Crippen LogP contribution in [-0.2, 0) is 11.2 Å². The van der Waals surface area contributed by atoms with Crippen molar-refractivity contribution in [3.8, 4) is 5.75 Å². The average molecular weight is 423 g/mol. The van der Waals surface area contributed by atoms with Crippen LogP contribution in [0.5, 0.6) is 5.75 Å². The van der Waals surface area contributed by atoms with E-state index < -0.39 is 0 Å². The second-order valence-corrected chi connectivity index (χ2v) is 9.35. The fourth-order valence-electron chi connectivity index (χ4n) is 4.63. The Morgan fingerprint density at radius 2 is 1.84 bits per heavy atom. The van der Waals surface area contributed by atoms with E-state index in [2.05, 4.69) is 42.6 Å². The van der Waals surface area contributed by atoms with Gasteiger partial charge in [0.1, 0.15) is 12.4 Å². The zero-order chi connectivity index (χ0) is 21.8. The number of morpholine rings is 1. The first-order valence-corrected chi connectivity index (χ1v) is 11.5. The van der Waals surface area contributed by atoms with Gasteiger partial charge in [0, 0.05) is 18.7 Å². The molecule has 0 bridgehead atoms. The maximum absolute atomic E-state index is 13.1. The summed E-state index contributed by atoms with van der Waals surface area (Å²) in [4.78, 5) is 15.0. The molecule has 0 aliphatic carbocycles. The number of hydrogen-bond donors (Lipinski definition) is 1. The van der Waals surface area contributed by atoms with E-state index in [1.54, 1.807) is 0 Å². The summed E-state index contributed by atoms with van der Waals surface area (Å²) in [6, 6.07) is 16.4. The monoisotopic (exact) mass is 422 g/mol. The molecule has 0 radical (unpaired) electrons. The van der Waals surface area contributed by atoms with E-state index in [-0.39, 0.29) is 23.7 Å². The molecule has 0 saturated carbocycles. The number of anilines is 1. The van der Waals surface area contributed by atoms with Crippen molar-refractivity contribution >= 4 is 11.6 Å². The molecule has 1 unspecified atom stereocenters. The number of fused-ring (bicyclic) bond motifs is 1. The molecule has 5 nitrogen and oxygen atoms in total. The zero-order valence-electron chi connectivity index (χ0n) is 18.9. The zero-order valence-corrected chi connectivity index (χ0v) is 18.9. The molecule has 3 atom stereocenters. The average Bonchev–Trinajstić information content (AvgIpc) is 2.76. The molecular weight excluding hydrogens is 388 g/mol. The van der Waals surface area contributed by atoms with Gasteiger partial charge in [-0.3, -0.25) is 4.79 Å². The molecule has 1 amide bonds. The second-order valence-electron chi connectivity index (χ2n) is 9.35. The molecule has 166 valence electrons. The standard InChI is InChI=1S/C26H34N2O3/c1-19-16-28(17-20(2)31-19)25(29)22-12-13-24-23(15-22)27-26(3,18-30-24)14-8-7-11-21-9-5-4-6-10-21/h4-6,9-10,12-13,15,19-20,27H,7-8,11,14,16-18H2,1-3H3/t19-,20+,26?. The van der Waals surface area contributed by atoms with Gasteiger partial charge in [0.05, 0.1) is 23.4 Å². The van der Waals surface area contributed by atoms with Crippen molar-refractivity contribution < 1.29 is 14.3 Å². The number of carbonyl (C=O) groups is 1. The summed E-state index contributed by atoms with van der Waals surface area (Å²) in [7, 11) is 0. The van der Waals surface area contributed by atoms with Crippen LogP contribution in [0.15, 0.2) is 48.5 Å². The van der Waals surface area contributed by atoms with Gasteiger partial charge in [0.15, 0.2) is 0 Å². The summed E-state index contributed by atoms with van der Waals surface area (Å²) in [5, 5.41) is 3.67. The summed E-state index contributed by atoms with van der Waals surface area (Å²) in [6.07, 6.45) is 4.52. The van der Waals surface area contributed by atoms with Crippen LogP contribution >= 0.6 is 0 Å². The first-order valence-electron chi connectivity index (χ1n) is 11.5. The van der Waals surface area contributed by atoms with Crippen molar-refractivity contribution in [1.82, 2.24) is 4.90 Å². The number of ether oxygens (including phenoxy) is 2. The van der Waals surface area contributed by atoms with Crippen molar-refractivity contribution in [2.75, 3.05) is 25.0 Å². The number of nitrogens with zero attached hydrogens (tertiary/aromatic N) is 1. The van der Waals surface area contributed by atoms with Crippen LogP contribution in [-0.4, -0.2) is 48.3 Å². The molecule has 1 saturated heterocycles. The summed E-state index contributed by atoms with van der Waals surface area (Å²) in [5.41, 5.74) is 2.87. The third-order valence-corrected chi connectivity index (χ3v) is 6.20. The minimum absolute atomic E-state index is 0.0572. The fraction of sp³-hybridized carbons (Fsp3) is 0.500. The smallest absolute Gasteiger partial charge is 0.254 e. The molecule has 2 heterocycles. The summed E-state index contributed by atoms with van der Waals surface area (Å²) in [6.45, 7) is 8.13. The number of unbranched alkanes of at least 4 members (excludes halogenated alkanes) is 1. The molecule has 2 aromatic rings. The quantitative estimate of drug-likeness (QED) is 0.672. The Labute approximate surface area is 185 Å². The van der Waals surface area contributed by atoms with Crippen LogP contribution < -0.4 is 10.1 Å². The predicted octanol–water partition coefficient (Wildman–Crippen LogP) is 4.91. The van der Waals surface area contributed by atoms with Gasteiger partial charge in [-0.1, -0.05) is 36.8 Å². The highest BCUT2D eigenvalue weighted by Gasteiger charge is 2.32. The number of nitrogens with one attached hydrogen (secondary N) is 1. The lowest BCUT2D eigenvalue weighted by atomic mass is 9.92. The maximum atomic E-state index is 13.1. The van der Waals surface area contributed by atoms with E-state index >= 15 is 0 Å². The highest BCUT2D eigenvalue weighted by atomic mass is 16.5. The van der Waals surface area contributed by atoms with E-state index in [1.165, 1.54) is 5.56 Å². The maximum Gasteiger partial charge on any atom is 0.254 e. The number of rotatable bonds is 6. The van der Waals surface area contributed by atoms with E-state index in [4.69, 9.17) is 9.47 Å². The lowest BCUT2D eigenvalue weighted by Crippen LogP contribution is -2.48. The topological polar surface area (TPSA) is 50.8 Å². The van der Waals surface area contributed by atoms with E-state index in [1.807, 2.05) is 36.9 Å². The lowest BCUT2D eigenvalue weighted by Gasteiger charge is -2.38. The van der Waals surface area contributed by atoms with Crippen molar-refractivity contribution in [2.24, 2.45) is 0 Å². The molecule has 2 aromatic carbocycles. The Balaban J connectivity index is 1.37. The van der Waals surface area contributed by atoms with Crippen molar-refractivity contribution in [3.05, 3.63) is 59.7 Å². The van der Waals surface area contributed by atoms with Crippen LogP contribution in [0.1, 0.15) is 56.0 Å². The highest BCUT2D eigenvalue weighted by molar-refractivity contribution is 5.96. The van der Waals surface area contributed by atoms with Gasteiger partial charge >= 0.3 is 0 Å². The lowest BCUT2D eigenvalue weighted by molar-refractivity contribution is -0.0586. The summed E-state index contributed by atoms with van der Waals surface area (Å²) >= 11 is 0. The van der Waals surface area contributed by atoms with E-state index in [9.17, 15) is 4.79 Å². The minimum atomic E-state index is -0.132. The third-order valence-electron chi connectivity index (χ3n) is 6.20. The van der Waals surface area contributed by atoms with Crippen molar-refractivity contribution in [1.29, 1.82) is 0 Å². The van der Waals surface area contributed by atoms with Crippen LogP contribution in [0.25, 0.3) is 0 Å². The Morgan fingerprint density at radius 3 is 2.58 bits per heavy atom. The van der Waals surface area contributed by atoms with Crippen LogP contribution in [0.2, 0.25) is 0 Å². The first-order chi connectivity index (χ1) is 14.9. The van der Waals surface area contributed by atoms with Gasteiger partial charge in [0.2, 0.25) is 0 Å². The number of benzene rings is 2. The molecule has 1 fully saturated rings. The minimum Gasteiger partial charge on any atom is -0.489 e. The molecular formula is C26H34N2O3. The van der Waals surface area contributed by atoms with Gasteiger partial charge in [-0.25, -0.2) is 0 Å².